The molecule has 1 aromatic heterocycles. The average Bonchev–Trinajstić information content (AvgIpc) is 3.46. The second-order valence-corrected chi connectivity index (χ2v) is 9.68. The van der Waals surface area contributed by atoms with Crippen molar-refractivity contribution in [3.05, 3.63) is 93.1 Å². The number of rotatable bonds is 4. The lowest BCUT2D eigenvalue weighted by atomic mass is 10.0. The van der Waals surface area contributed by atoms with Gasteiger partial charge in [0.25, 0.3) is 11.8 Å². The largest absolute Gasteiger partial charge is 0.454 e. The number of barbiturate groups is 1. The van der Waals surface area contributed by atoms with E-state index in [-0.39, 0.29) is 18.1 Å². The minimum Gasteiger partial charge on any atom is -0.454 e. The van der Waals surface area contributed by atoms with Gasteiger partial charge in [0, 0.05) is 44.8 Å². The van der Waals surface area contributed by atoms with Crippen molar-refractivity contribution in [3.8, 4) is 11.5 Å². The molecule has 0 unspecified atom stereocenters. The fourth-order valence-corrected chi connectivity index (χ4v) is 5.19. The van der Waals surface area contributed by atoms with Crippen molar-refractivity contribution in [1.29, 1.82) is 0 Å². The number of halogens is 2. The van der Waals surface area contributed by atoms with Crippen LogP contribution in [0.1, 0.15) is 16.8 Å². The number of anilines is 1. The highest BCUT2D eigenvalue weighted by Crippen LogP contribution is 2.37. The van der Waals surface area contributed by atoms with Crippen molar-refractivity contribution in [2.24, 2.45) is 0 Å². The Kier molecular flexibility index (Phi) is 5.86. The van der Waals surface area contributed by atoms with Crippen molar-refractivity contribution >= 4 is 63.7 Å². The summed E-state index contributed by atoms with van der Waals surface area (Å²) in [7, 11) is 0. The molecule has 0 aliphatic carbocycles. The molecular weight excluding hydrogens is 529 g/mol. The van der Waals surface area contributed by atoms with E-state index in [9.17, 15) is 14.4 Å². The number of nitrogens with zero attached hydrogens (tertiary/aromatic N) is 2. The Labute approximate surface area is 226 Å². The Bertz CT molecular complexity index is 1710. The van der Waals surface area contributed by atoms with E-state index in [2.05, 4.69) is 9.88 Å². The molecule has 1 N–H and O–H groups in total. The van der Waals surface area contributed by atoms with Crippen LogP contribution in [0.4, 0.5) is 10.5 Å². The number of hydrogen-bond acceptors (Lipinski definition) is 5. The Hall–Kier alpha value is -4.27. The van der Waals surface area contributed by atoms with E-state index in [1.165, 1.54) is 12.1 Å². The van der Waals surface area contributed by atoms with Gasteiger partial charge in [-0.1, -0.05) is 47.5 Å². The SMILES string of the molecule is Cc1c(/C=C2\C(=O)NC(=O)N(c3ccc4c(c3)OCO4)C2=O)c2ccccc2n1Cc1ccc(Cl)cc1Cl. The van der Waals surface area contributed by atoms with Gasteiger partial charge in [0.2, 0.25) is 6.79 Å². The van der Waals surface area contributed by atoms with Crippen LogP contribution in [-0.2, 0) is 16.1 Å². The standard InChI is InChI=1S/C28H19Cl2N3O5/c1-15-20(19-4-2-3-5-23(19)32(15)13-16-6-7-17(29)10-22(16)30)12-21-26(34)31-28(36)33(27(21)35)18-8-9-24-25(11-18)38-14-37-24/h2-12H,13-14H2,1H3,(H,31,34,36)/b21-12+. The van der Waals surface area contributed by atoms with E-state index >= 15 is 0 Å². The van der Waals surface area contributed by atoms with Gasteiger partial charge >= 0.3 is 6.03 Å². The number of ether oxygens (including phenoxy) is 2. The fourth-order valence-electron chi connectivity index (χ4n) is 4.72. The van der Waals surface area contributed by atoms with E-state index < -0.39 is 17.8 Å². The molecule has 2 aliphatic heterocycles. The smallest absolute Gasteiger partial charge is 0.335 e. The molecule has 0 spiro atoms. The molecule has 4 aromatic rings. The van der Waals surface area contributed by atoms with Crippen LogP contribution in [0.15, 0.2) is 66.2 Å². The second-order valence-electron chi connectivity index (χ2n) is 8.83. The summed E-state index contributed by atoms with van der Waals surface area (Å²) >= 11 is 12.5. The third kappa shape index (κ3) is 3.98. The molecule has 10 heteroatoms. The molecule has 0 saturated carbocycles. The van der Waals surface area contributed by atoms with Gasteiger partial charge in [0.15, 0.2) is 11.5 Å². The van der Waals surface area contributed by atoms with E-state index in [1.54, 1.807) is 24.3 Å². The monoisotopic (exact) mass is 547 g/mol. The van der Waals surface area contributed by atoms with Crippen LogP contribution >= 0.6 is 23.2 Å². The molecule has 0 radical (unpaired) electrons. The molecule has 0 atom stereocenters. The molecule has 4 amide bonds. The summed E-state index contributed by atoms with van der Waals surface area (Å²) in [5.41, 5.74) is 3.35. The predicted molar refractivity (Wildman–Crippen MR) is 144 cm³/mol. The first-order chi connectivity index (χ1) is 18.3. The van der Waals surface area contributed by atoms with Crippen LogP contribution in [0.2, 0.25) is 10.0 Å². The molecule has 6 rings (SSSR count). The van der Waals surface area contributed by atoms with Crippen LogP contribution < -0.4 is 19.7 Å². The maximum absolute atomic E-state index is 13.5. The van der Waals surface area contributed by atoms with Crippen molar-refractivity contribution in [2.45, 2.75) is 13.5 Å². The van der Waals surface area contributed by atoms with Crippen molar-refractivity contribution in [3.63, 3.8) is 0 Å². The van der Waals surface area contributed by atoms with Crippen LogP contribution in [0.25, 0.3) is 17.0 Å². The number of imide groups is 2. The number of nitrogens with one attached hydrogen (secondary N) is 1. The minimum absolute atomic E-state index is 0.0488. The maximum atomic E-state index is 13.5. The van der Waals surface area contributed by atoms with Crippen molar-refractivity contribution in [2.75, 3.05) is 11.7 Å². The normalized spacial score (nSPS) is 16.0. The van der Waals surface area contributed by atoms with Crippen LogP contribution in [0.3, 0.4) is 0 Å². The first-order valence-corrected chi connectivity index (χ1v) is 12.4. The Morgan fingerprint density at radius 3 is 2.58 bits per heavy atom. The molecule has 38 heavy (non-hydrogen) atoms. The van der Waals surface area contributed by atoms with Crippen LogP contribution in [-0.4, -0.2) is 29.2 Å². The molecule has 1 saturated heterocycles. The summed E-state index contributed by atoms with van der Waals surface area (Å²) in [6, 6.07) is 16.9. The van der Waals surface area contributed by atoms with Gasteiger partial charge in [-0.25, -0.2) is 9.69 Å². The highest BCUT2D eigenvalue weighted by atomic mass is 35.5. The number of benzene rings is 3. The minimum atomic E-state index is -0.840. The molecular formula is C28H19Cl2N3O5. The van der Waals surface area contributed by atoms with Gasteiger partial charge in [-0.3, -0.25) is 14.9 Å². The quantitative estimate of drug-likeness (QED) is 0.261. The van der Waals surface area contributed by atoms with E-state index in [4.69, 9.17) is 32.7 Å². The van der Waals surface area contributed by atoms with Gasteiger partial charge in [0.1, 0.15) is 5.57 Å². The molecule has 190 valence electrons. The summed E-state index contributed by atoms with van der Waals surface area (Å²) in [6.07, 6.45) is 1.53. The Morgan fingerprint density at radius 1 is 0.974 bits per heavy atom. The van der Waals surface area contributed by atoms with Crippen LogP contribution in [0.5, 0.6) is 11.5 Å². The first kappa shape index (κ1) is 24.1. The van der Waals surface area contributed by atoms with Gasteiger partial charge in [-0.15, -0.1) is 0 Å². The topological polar surface area (TPSA) is 89.9 Å². The second kappa shape index (κ2) is 9.24. The number of fused-ring (bicyclic) bond motifs is 2. The summed E-state index contributed by atoms with van der Waals surface area (Å²) in [6.45, 7) is 2.41. The highest BCUT2D eigenvalue weighted by Gasteiger charge is 2.38. The van der Waals surface area contributed by atoms with Crippen molar-refractivity contribution < 1.29 is 23.9 Å². The third-order valence-electron chi connectivity index (χ3n) is 6.63. The summed E-state index contributed by atoms with van der Waals surface area (Å²) < 4.78 is 12.8. The Balaban J connectivity index is 1.44. The molecule has 3 aromatic carbocycles. The summed E-state index contributed by atoms with van der Waals surface area (Å²) in [4.78, 5) is 40.0. The lowest BCUT2D eigenvalue weighted by molar-refractivity contribution is -0.122. The molecule has 2 aliphatic rings. The molecule has 1 fully saturated rings. The summed E-state index contributed by atoms with van der Waals surface area (Å²) in [5.74, 6) is -0.594. The zero-order valence-electron chi connectivity index (χ0n) is 20.0. The van der Waals surface area contributed by atoms with E-state index in [0.717, 1.165) is 27.1 Å². The van der Waals surface area contributed by atoms with Crippen LogP contribution in [0, 0.1) is 6.92 Å². The molecule has 0 bridgehead atoms. The number of urea groups is 1. The van der Waals surface area contributed by atoms with Gasteiger partial charge < -0.3 is 14.0 Å². The molecule has 8 nitrogen and oxygen atoms in total. The number of carbonyl (C=O) groups excluding carboxylic acids is 3. The number of carbonyl (C=O) groups is 3. The first-order valence-electron chi connectivity index (χ1n) is 11.6. The summed E-state index contributed by atoms with van der Waals surface area (Å²) in [5, 5.41) is 4.20. The third-order valence-corrected chi connectivity index (χ3v) is 7.21. The number of aromatic nitrogens is 1. The number of amides is 4. The van der Waals surface area contributed by atoms with Crippen molar-refractivity contribution in [1.82, 2.24) is 9.88 Å². The fraction of sp³-hybridized carbons (Fsp3) is 0.107. The zero-order valence-corrected chi connectivity index (χ0v) is 21.5. The number of hydrogen-bond donors (Lipinski definition) is 1. The van der Waals surface area contributed by atoms with Gasteiger partial charge in [0.05, 0.1) is 5.69 Å². The highest BCUT2D eigenvalue weighted by molar-refractivity contribution is 6.39. The van der Waals surface area contributed by atoms with Gasteiger partial charge in [-0.05, 0) is 48.9 Å². The number of para-hydroxylation sites is 1. The van der Waals surface area contributed by atoms with E-state index in [1.807, 2.05) is 37.3 Å². The Morgan fingerprint density at radius 2 is 1.76 bits per heavy atom. The predicted octanol–water partition coefficient (Wildman–Crippen LogP) is 5.70. The lowest BCUT2D eigenvalue weighted by Crippen LogP contribution is -2.54. The van der Waals surface area contributed by atoms with Gasteiger partial charge in [-0.2, -0.15) is 0 Å². The van der Waals surface area contributed by atoms with E-state index in [0.29, 0.717) is 33.7 Å². The zero-order chi connectivity index (χ0) is 26.6. The average molecular weight is 548 g/mol. The maximum Gasteiger partial charge on any atom is 0.335 e. The lowest BCUT2D eigenvalue weighted by Gasteiger charge is -2.26. The molecule has 3 heterocycles.